The SMILES string of the molecule is COc1ccc(C(C)NCc2ccc(Cl)cc2C)cc1. The van der Waals surface area contributed by atoms with E-state index < -0.39 is 0 Å². The molecule has 0 aliphatic rings. The van der Waals surface area contributed by atoms with E-state index in [1.807, 2.05) is 24.3 Å². The van der Waals surface area contributed by atoms with Gasteiger partial charge in [0.15, 0.2) is 0 Å². The molecule has 0 fully saturated rings. The third-order valence-electron chi connectivity index (χ3n) is 3.52. The van der Waals surface area contributed by atoms with E-state index in [2.05, 4.69) is 37.4 Å². The molecule has 0 aliphatic carbocycles. The molecular weight excluding hydrogens is 270 g/mol. The van der Waals surface area contributed by atoms with Gasteiger partial charge in [0, 0.05) is 17.6 Å². The molecule has 106 valence electrons. The van der Waals surface area contributed by atoms with Crippen molar-refractivity contribution in [3.63, 3.8) is 0 Å². The van der Waals surface area contributed by atoms with Crippen LogP contribution in [0.3, 0.4) is 0 Å². The Hall–Kier alpha value is -1.51. The van der Waals surface area contributed by atoms with E-state index in [1.165, 1.54) is 16.7 Å². The van der Waals surface area contributed by atoms with Crippen molar-refractivity contribution in [1.29, 1.82) is 0 Å². The summed E-state index contributed by atoms with van der Waals surface area (Å²) in [6.45, 7) is 5.07. The zero-order chi connectivity index (χ0) is 14.5. The van der Waals surface area contributed by atoms with E-state index in [-0.39, 0.29) is 6.04 Å². The molecule has 1 unspecified atom stereocenters. The maximum absolute atomic E-state index is 5.97. The Balaban J connectivity index is 1.98. The number of benzene rings is 2. The second-order valence-corrected chi connectivity index (χ2v) is 5.38. The van der Waals surface area contributed by atoms with Gasteiger partial charge in [0.25, 0.3) is 0 Å². The largest absolute Gasteiger partial charge is 0.497 e. The van der Waals surface area contributed by atoms with Crippen LogP contribution in [0, 0.1) is 6.92 Å². The molecule has 3 heteroatoms. The van der Waals surface area contributed by atoms with Crippen LogP contribution >= 0.6 is 11.6 Å². The molecule has 0 saturated carbocycles. The van der Waals surface area contributed by atoms with Gasteiger partial charge >= 0.3 is 0 Å². The zero-order valence-electron chi connectivity index (χ0n) is 12.1. The number of halogens is 1. The minimum Gasteiger partial charge on any atom is -0.497 e. The Labute approximate surface area is 125 Å². The van der Waals surface area contributed by atoms with Crippen LogP contribution in [0.25, 0.3) is 0 Å². The number of rotatable bonds is 5. The van der Waals surface area contributed by atoms with Crippen LogP contribution in [0.1, 0.15) is 29.7 Å². The Morgan fingerprint density at radius 3 is 2.45 bits per heavy atom. The van der Waals surface area contributed by atoms with Crippen LogP contribution in [0.5, 0.6) is 5.75 Å². The molecule has 0 heterocycles. The van der Waals surface area contributed by atoms with Crippen molar-refractivity contribution in [2.75, 3.05) is 7.11 Å². The van der Waals surface area contributed by atoms with E-state index in [1.54, 1.807) is 7.11 Å². The van der Waals surface area contributed by atoms with Crippen molar-refractivity contribution in [3.05, 3.63) is 64.2 Å². The number of hydrogen-bond acceptors (Lipinski definition) is 2. The summed E-state index contributed by atoms with van der Waals surface area (Å²) in [5.74, 6) is 0.884. The van der Waals surface area contributed by atoms with E-state index >= 15 is 0 Å². The number of methoxy groups -OCH3 is 1. The number of ether oxygens (including phenoxy) is 1. The molecule has 0 radical (unpaired) electrons. The molecule has 0 bridgehead atoms. The topological polar surface area (TPSA) is 21.3 Å². The lowest BCUT2D eigenvalue weighted by Crippen LogP contribution is -2.18. The van der Waals surface area contributed by atoms with Gasteiger partial charge in [-0.2, -0.15) is 0 Å². The molecule has 2 rings (SSSR count). The number of nitrogens with one attached hydrogen (secondary N) is 1. The summed E-state index contributed by atoms with van der Waals surface area (Å²) in [6, 6.07) is 14.4. The molecule has 2 aromatic rings. The molecule has 1 atom stereocenters. The molecule has 0 aromatic heterocycles. The van der Waals surface area contributed by atoms with Gasteiger partial charge in [0.05, 0.1) is 7.11 Å². The van der Waals surface area contributed by atoms with Crippen LogP contribution in [0.2, 0.25) is 5.02 Å². The average molecular weight is 290 g/mol. The average Bonchev–Trinajstić information content (AvgIpc) is 2.46. The first-order chi connectivity index (χ1) is 9.60. The molecule has 0 spiro atoms. The predicted octanol–water partition coefficient (Wildman–Crippen LogP) is 4.51. The molecule has 2 aromatic carbocycles. The summed E-state index contributed by atoms with van der Waals surface area (Å²) in [4.78, 5) is 0. The molecule has 0 aliphatic heterocycles. The second-order valence-electron chi connectivity index (χ2n) is 4.95. The van der Waals surface area contributed by atoms with Crippen molar-refractivity contribution in [3.8, 4) is 5.75 Å². The molecule has 20 heavy (non-hydrogen) atoms. The normalized spacial score (nSPS) is 12.2. The first-order valence-corrected chi connectivity index (χ1v) is 7.10. The van der Waals surface area contributed by atoms with Crippen molar-refractivity contribution in [2.24, 2.45) is 0 Å². The van der Waals surface area contributed by atoms with Crippen LogP contribution in [0.4, 0.5) is 0 Å². The summed E-state index contributed by atoms with van der Waals surface area (Å²) < 4.78 is 5.17. The monoisotopic (exact) mass is 289 g/mol. The van der Waals surface area contributed by atoms with Crippen molar-refractivity contribution < 1.29 is 4.74 Å². The highest BCUT2D eigenvalue weighted by Gasteiger charge is 2.06. The highest BCUT2D eigenvalue weighted by atomic mass is 35.5. The van der Waals surface area contributed by atoms with Gasteiger partial charge in [-0.05, 0) is 54.8 Å². The molecule has 0 saturated heterocycles. The van der Waals surface area contributed by atoms with Crippen molar-refractivity contribution in [2.45, 2.75) is 26.4 Å². The third kappa shape index (κ3) is 3.75. The van der Waals surface area contributed by atoms with Crippen molar-refractivity contribution in [1.82, 2.24) is 5.32 Å². The third-order valence-corrected chi connectivity index (χ3v) is 3.75. The highest BCUT2D eigenvalue weighted by molar-refractivity contribution is 6.30. The van der Waals surface area contributed by atoms with Gasteiger partial charge in [-0.1, -0.05) is 29.8 Å². The van der Waals surface area contributed by atoms with Crippen LogP contribution in [-0.2, 0) is 6.54 Å². The standard InChI is InChI=1S/C17H20ClNO/c1-12-10-16(18)7-4-15(12)11-19-13(2)14-5-8-17(20-3)9-6-14/h4-10,13,19H,11H2,1-3H3. The molecule has 1 N–H and O–H groups in total. The molecule has 2 nitrogen and oxygen atoms in total. The fourth-order valence-electron chi connectivity index (χ4n) is 2.13. The minimum atomic E-state index is 0.288. The fourth-order valence-corrected chi connectivity index (χ4v) is 2.36. The van der Waals surface area contributed by atoms with E-state index in [9.17, 15) is 0 Å². The fraction of sp³-hybridized carbons (Fsp3) is 0.294. The van der Waals surface area contributed by atoms with Gasteiger partial charge in [-0.3, -0.25) is 0 Å². The van der Waals surface area contributed by atoms with Crippen LogP contribution in [-0.4, -0.2) is 7.11 Å². The predicted molar refractivity (Wildman–Crippen MR) is 84.4 cm³/mol. The number of hydrogen-bond donors (Lipinski definition) is 1. The van der Waals surface area contributed by atoms with Crippen LogP contribution < -0.4 is 10.1 Å². The number of aryl methyl sites for hydroxylation is 1. The first kappa shape index (κ1) is 14.9. The van der Waals surface area contributed by atoms with Crippen LogP contribution in [0.15, 0.2) is 42.5 Å². The maximum Gasteiger partial charge on any atom is 0.118 e. The van der Waals surface area contributed by atoms with Gasteiger partial charge < -0.3 is 10.1 Å². The Morgan fingerprint density at radius 2 is 1.85 bits per heavy atom. The summed E-state index contributed by atoms with van der Waals surface area (Å²) in [7, 11) is 1.68. The summed E-state index contributed by atoms with van der Waals surface area (Å²) in [5, 5.41) is 4.32. The first-order valence-electron chi connectivity index (χ1n) is 6.72. The molecular formula is C17H20ClNO. The van der Waals surface area contributed by atoms with E-state index in [0.29, 0.717) is 0 Å². The molecule has 0 amide bonds. The highest BCUT2D eigenvalue weighted by Crippen LogP contribution is 2.19. The van der Waals surface area contributed by atoms with Crippen molar-refractivity contribution >= 4 is 11.6 Å². The second kappa shape index (κ2) is 6.78. The smallest absolute Gasteiger partial charge is 0.118 e. The minimum absolute atomic E-state index is 0.288. The lowest BCUT2D eigenvalue weighted by Gasteiger charge is -2.16. The van der Waals surface area contributed by atoms with Gasteiger partial charge in [0.1, 0.15) is 5.75 Å². The summed E-state index contributed by atoms with van der Waals surface area (Å²) >= 11 is 5.97. The van der Waals surface area contributed by atoms with E-state index in [0.717, 1.165) is 17.3 Å². The van der Waals surface area contributed by atoms with Gasteiger partial charge in [-0.25, -0.2) is 0 Å². The Kier molecular flexibility index (Phi) is 5.05. The quantitative estimate of drug-likeness (QED) is 0.874. The zero-order valence-corrected chi connectivity index (χ0v) is 12.9. The Morgan fingerprint density at radius 1 is 1.15 bits per heavy atom. The lowest BCUT2D eigenvalue weighted by atomic mass is 10.1. The summed E-state index contributed by atoms with van der Waals surface area (Å²) in [6.07, 6.45) is 0. The van der Waals surface area contributed by atoms with E-state index in [4.69, 9.17) is 16.3 Å². The van der Waals surface area contributed by atoms with Gasteiger partial charge in [0.2, 0.25) is 0 Å². The Bertz CT molecular complexity index is 566. The lowest BCUT2D eigenvalue weighted by molar-refractivity contribution is 0.414. The van der Waals surface area contributed by atoms with Gasteiger partial charge in [-0.15, -0.1) is 0 Å². The summed E-state index contributed by atoms with van der Waals surface area (Å²) in [5.41, 5.74) is 3.74. The maximum atomic E-state index is 5.97.